The second-order valence-corrected chi connectivity index (χ2v) is 5.63. The van der Waals surface area contributed by atoms with Gasteiger partial charge in [-0.2, -0.15) is 0 Å². The van der Waals surface area contributed by atoms with Gasteiger partial charge in [-0.3, -0.25) is 0 Å². The van der Waals surface area contributed by atoms with Crippen molar-refractivity contribution < 1.29 is 9.26 Å². The molecule has 2 heterocycles. The molecule has 3 aromatic rings. The van der Waals surface area contributed by atoms with E-state index in [2.05, 4.69) is 20.7 Å². The van der Waals surface area contributed by atoms with E-state index in [1.54, 1.807) is 11.8 Å². The highest BCUT2D eigenvalue weighted by molar-refractivity contribution is 7.98. The zero-order valence-corrected chi connectivity index (χ0v) is 13.1. The smallest absolute Gasteiger partial charge is 0.210 e. The number of thioether (sulfide) groups is 1. The maximum Gasteiger partial charge on any atom is 0.210 e. The Morgan fingerprint density at radius 2 is 2.09 bits per heavy atom. The largest absolute Gasteiger partial charge is 0.497 e. The van der Waals surface area contributed by atoms with Crippen molar-refractivity contribution in [2.24, 2.45) is 0 Å². The summed E-state index contributed by atoms with van der Waals surface area (Å²) in [5, 5.41) is 16.5. The van der Waals surface area contributed by atoms with E-state index in [0.717, 1.165) is 27.9 Å². The monoisotopic (exact) mass is 317 g/mol. The molecule has 0 radical (unpaired) electrons. The second-order valence-electron chi connectivity index (χ2n) is 4.68. The number of rotatable bonds is 6. The fourth-order valence-electron chi connectivity index (χ4n) is 1.93. The molecule has 2 aromatic heterocycles. The SMILES string of the molecule is COc1ccc(Cn2nnnc2SCc2cc(C)on2)cc1. The number of benzene rings is 1. The molecule has 3 rings (SSSR count). The van der Waals surface area contributed by atoms with Crippen LogP contribution in [0.3, 0.4) is 0 Å². The highest BCUT2D eigenvalue weighted by atomic mass is 32.2. The van der Waals surface area contributed by atoms with E-state index in [1.807, 2.05) is 37.3 Å². The van der Waals surface area contributed by atoms with Crippen LogP contribution in [-0.4, -0.2) is 32.5 Å². The standard InChI is InChI=1S/C14H15N5O2S/c1-10-7-12(16-21-10)9-22-14-15-17-18-19(14)8-11-3-5-13(20-2)6-4-11/h3-7H,8-9H2,1-2H3. The van der Waals surface area contributed by atoms with Gasteiger partial charge in [-0.05, 0) is 35.0 Å². The lowest BCUT2D eigenvalue weighted by Crippen LogP contribution is -2.04. The number of methoxy groups -OCH3 is 1. The summed E-state index contributed by atoms with van der Waals surface area (Å²) in [5.74, 6) is 2.30. The Bertz CT molecular complexity index is 738. The number of tetrazole rings is 1. The molecule has 114 valence electrons. The average molecular weight is 317 g/mol. The Morgan fingerprint density at radius 3 is 2.77 bits per heavy atom. The summed E-state index contributed by atoms with van der Waals surface area (Å²) in [4.78, 5) is 0. The first-order valence-electron chi connectivity index (χ1n) is 6.68. The molecule has 22 heavy (non-hydrogen) atoms. The quantitative estimate of drug-likeness (QED) is 0.645. The number of aromatic nitrogens is 5. The Hall–Kier alpha value is -2.35. The van der Waals surface area contributed by atoms with Gasteiger partial charge in [0.25, 0.3) is 0 Å². The Balaban J connectivity index is 1.66. The summed E-state index contributed by atoms with van der Waals surface area (Å²) in [6.45, 7) is 2.48. The minimum absolute atomic E-state index is 0.608. The molecule has 1 aromatic carbocycles. The van der Waals surface area contributed by atoms with Gasteiger partial charge in [-0.25, -0.2) is 4.68 Å². The van der Waals surface area contributed by atoms with Crippen LogP contribution in [0.4, 0.5) is 0 Å². The van der Waals surface area contributed by atoms with Gasteiger partial charge in [-0.15, -0.1) is 5.10 Å². The third-order valence-corrected chi connectivity index (χ3v) is 4.01. The summed E-state index contributed by atoms with van der Waals surface area (Å²) >= 11 is 1.53. The number of hydrogen-bond donors (Lipinski definition) is 0. The van der Waals surface area contributed by atoms with Crippen molar-refractivity contribution in [1.29, 1.82) is 0 Å². The number of nitrogens with zero attached hydrogens (tertiary/aromatic N) is 5. The summed E-state index contributed by atoms with van der Waals surface area (Å²) < 4.78 is 12.0. The molecule has 0 bridgehead atoms. The molecule has 0 atom stereocenters. The van der Waals surface area contributed by atoms with Crippen LogP contribution in [0.2, 0.25) is 0 Å². The van der Waals surface area contributed by atoms with E-state index < -0.39 is 0 Å². The molecular formula is C14H15N5O2S. The van der Waals surface area contributed by atoms with Crippen molar-refractivity contribution in [2.75, 3.05) is 7.11 Å². The molecule has 8 heteroatoms. The van der Waals surface area contributed by atoms with Crippen molar-refractivity contribution in [1.82, 2.24) is 25.4 Å². The van der Waals surface area contributed by atoms with Crippen LogP contribution in [0.25, 0.3) is 0 Å². The number of hydrogen-bond acceptors (Lipinski definition) is 7. The van der Waals surface area contributed by atoms with Gasteiger partial charge in [0.15, 0.2) is 0 Å². The van der Waals surface area contributed by atoms with Gasteiger partial charge in [-0.1, -0.05) is 29.1 Å². The fraction of sp³-hybridized carbons (Fsp3) is 0.286. The van der Waals surface area contributed by atoms with Gasteiger partial charge in [0, 0.05) is 11.8 Å². The maximum absolute atomic E-state index is 5.15. The minimum Gasteiger partial charge on any atom is -0.497 e. The highest BCUT2D eigenvalue weighted by Gasteiger charge is 2.09. The van der Waals surface area contributed by atoms with Crippen LogP contribution in [0.15, 0.2) is 40.0 Å². The van der Waals surface area contributed by atoms with Crippen LogP contribution < -0.4 is 4.74 Å². The molecule has 0 N–H and O–H groups in total. The van der Waals surface area contributed by atoms with Crippen molar-refractivity contribution >= 4 is 11.8 Å². The Kier molecular flexibility index (Phi) is 4.38. The zero-order valence-electron chi connectivity index (χ0n) is 12.3. The third-order valence-electron chi connectivity index (χ3n) is 3.02. The normalized spacial score (nSPS) is 10.8. The van der Waals surface area contributed by atoms with Crippen LogP contribution in [0, 0.1) is 6.92 Å². The molecule has 0 saturated carbocycles. The third kappa shape index (κ3) is 3.45. The summed E-state index contributed by atoms with van der Waals surface area (Å²) in [6.07, 6.45) is 0. The summed E-state index contributed by atoms with van der Waals surface area (Å²) in [5.41, 5.74) is 1.98. The van der Waals surface area contributed by atoms with E-state index in [1.165, 1.54) is 11.8 Å². The van der Waals surface area contributed by atoms with Gasteiger partial charge in [0.1, 0.15) is 11.5 Å². The topological polar surface area (TPSA) is 78.9 Å². The van der Waals surface area contributed by atoms with Gasteiger partial charge in [0.2, 0.25) is 5.16 Å². The van der Waals surface area contributed by atoms with Crippen molar-refractivity contribution in [3.05, 3.63) is 47.3 Å². The molecule has 7 nitrogen and oxygen atoms in total. The first-order valence-corrected chi connectivity index (χ1v) is 7.67. The lowest BCUT2D eigenvalue weighted by molar-refractivity contribution is 0.393. The molecule has 0 spiro atoms. The molecule has 0 aliphatic heterocycles. The van der Waals surface area contributed by atoms with Crippen LogP contribution >= 0.6 is 11.8 Å². The number of aryl methyl sites for hydroxylation is 1. The van der Waals surface area contributed by atoms with Gasteiger partial charge in [0.05, 0.1) is 19.3 Å². The van der Waals surface area contributed by atoms with Crippen molar-refractivity contribution in [2.45, 2.75) is 24.4 Å². The fourth-order valence-corrected chi connectivity index (χ4v) is 2.68. The van der Waals surface area contributed by atoms with Crippen molar-refractivity contribution in [3.63, 3.8) is 0 Å². The average Bonchev–Trinajstić information content (AvgIpc) is 3.15. The molecule has 0 unspecified atom stereocenters. The molecule has 0 aliphatic rings. The first-order chi connectivity index (χ1) is 10.7. The van der Waals surface area contributed by atoms with Crippen LogP contribution in [0.5, 0.6) is 5.75 Å². The second kappa shape index (κ2) is 6.61. The number of ether oxygens (including phenoxy) is 1. The Morgan fingerprint density at radius 1 is 1.27 bits per heavy atom. The zero-order chi connectivity index (χ0) is 15.4. The molecule has 0 saturated heterocycles. The lowest BCUT2D eigenvalue weighted by atomic mass is 10.2. The van der Waals surface area contributed by atoms with E-state index >= 15 is 0 Å². The molecule has 0 fully saturated rings. The van der Waals surface area contributed by atoms with Gasteiger partial charge < -0.3 is 9.26 Å². The summed E-state index contributed by atoms with van der Waals surface area (Å²) in [7, 11) is 1.65. The van der Waals surface area contributed by atoms with Crippen LogP contribution in [-0.2, 0) is 12.3 Å². The lowest BCUT2D eigenvalue weighted by Gasteiger charge is -2.05. The highest BCUT2D eigenvalue weighted by Crippen LogP contribution is 2.21. The molecule has 0 amide bonds. The van der Waals surface area contributed by atoms with E-state index in [-0.39, 0.29) is 0 Å². The first kappa shape index (κ1) is 14.6. The predicted octanol–water partition coefficient (Wildman–Crippen LogP) is 2.32. The Labute approximate surface area is 131 Å². The van der Waals surface area contributed by atoms with E-state index in [4.69, 9.17) is 9.26 Å². The van der Waals surface area contributed by atoms with Crippen LogP contribution in [0.1, 0.15) is 17.0 Å². The summed E-state index contributed by atoms with van der Waals surface area (Å²) in [6, 6.07) is 9.74. The van der Waals surface area contributed by atoms with Crippen molar-refractivity contribution in [3.8, 4) is 5.75 Å². The van der Waals surface area contributed by atoms with E-state index in [0.29, 0.717) is 12.3 Å². The molecular weight excluding hydrogens is 302 g/mol. The minimum atomic E-state index is 0.608. The van der Waals surface area contributed by atoms with Gasteiger partial charge >= 0.3 is 0 Å². The van der Waals surface area contributed by atoms with E-state index in [9.17, 15) is 0 Å². The maximum atomic E-state index is 5.15. The predicted molar refractivity (Wildman–Crippen MR) is 80.7 cm³/mol. The molecule has 0 aliphatic carbocycles.